The van der Waals surface area contributed by atoms with Crippen molar-refractivity contribution in [1.82, 2.24) is 9.62 Å². The number of hydrogen-bond donors (Lipinski definition) is 3. The van der Waals surface area contributed by atoms with E-state index in [1.165, 1.54) is 24.9 Å². The minimum Gasteiger partial charge on any atom is -0.508 e. The monoisotopic (exact) mass is 488 g/mol. The zero-order valence-corrected chi connectivity index (χ0v) is 21.1. The van der Waals surface area contributed by atoms with Crippen molar-refractivity contribution in [1.29, 1.82) is 0 Å². The van der Waals surface area contributed by atoms with Gasteiger partial charge in [-0.15, -0.1) is 0 Å². The molecule has 6 nitrogen and oxygen atoms in total. The van der Waals surface area contributed by atoms with E-state index >= 15 is 0 Å². The molecule has 0 fully saturated rings. The fraction of sp³-hybridized carbons (Fsp3) is 0.652. The topological polar surface area (TPSA) is 89.9 Å². The summed E-state index contributed by atoms with van der Waals surface area (Å²) in [5, 5.41) is 23.9. The number of hydrogen-bond acceptors (Lipinski definition) is 6. The van der Waals surface area contributed by atoms with E-state index in [9.17, 15) is 23.0 Å². The Morgan fingerprint density at radius 1 is 1.34 bits per heavy atom. The Labute approximate surface area is 196 Å². The number of sulfonamides is 1. The summed E-state index contributed by atoms with van der Waals surface area (Å²) in [5.41, 5.74) is 0.534. The summed E-state index contributed by atoms with van der Waals surface area (Å²) in [6, 6.07) is 4.39. The van der Waals surface area contributed by atoms with Crippen molar-refractivity contribution >= 4 is 21.8 Å². The summed E-state index contributed by atoms with van der Waals surface area (Å²) >= 11 is 1.30. The maximum atomic E-state index is 13.1. The van der Waals surface area contributed by atoms with E-state index < -0.39 is 16.1 Å². The van der Waals surface area contributed by atoms with Gasteiger partial charge in [0.15, 0.2) is 5.16 Å². The number of thioether (sulfide) groups is 1. The molecule has 1 unspecified atom stereocenters. The maximum Gasteiger partial charge on any atom is 0.243 e. The van der Waals surface area contributed by atoms with E-state index in [2.05, 4.69) is 5.32 Å². The number of rotatable bonds is 13. The van der Waals surface area contributed by atoms with Gasteiger partial charge in [-0.3, -0.25) is 0 Å². The summed E-state index contributed by atoms with van der Waals surface area (Å²) < 4.78 is 40.1. The molecule has 1 heterocycles. The summed E-state index contributed by atoms with van der Waals surface area (Å²) in [6.07, 6.45) is 5.80. The third-order valence-electron chi connectivity index (χ3n) is 5.63. The van der Waals surface area contributed by atoms with Gasteiger partial charge in [0.2, 0.25) is 10.0 Å². The Morgan fingerprint density at radius 3 is 2.69 bits per heavy atom. The number of aryl methyl sites for hydroxylation is 1. The first-order valence-electron chi connectivity index (χ1n) is 11.2. The minimum absolute atomic E-state index is 0.0275. The van der Waals surface area contributed by atoms with Crippen LogP contribution in [0.2, 0.25) is 0 Å². The average molecular weight is 489 g/mol. The van der Waals surface area contributed by atoms with Crippen molar-refractivity contribution in [3.8, 4) is 5.75 Å². The lowest BCUT2D eigenvalue weighted by molar-refractivity contribution is 0.137. The second kappa shape index (κ2) is 11.8. The fourth-order valence-electron chi connectivity index (χ4n) is 3.78. The molecular weight excluding hydrogens is 451 g/mol. The molecule has 0 bridgehead atoms. The Bertz CT molecular complexity index is 890. The first kappa shape index (κ1) is 27.1. The minimum atomic E-state index is -3.83. The van der Waals surface area contributed by atoms with Crippen LogP contribution < -0.4 is 5.32 Å². The van der Waals surface area contributed by atoms with E-state index in [1.807, 2.05) is 20.8 Å². The number of halogens is 1. The van der Waals surface area contributed by atoms with E-state index in [0.29, 0.717) is 11.7 Å². The summed E-state index contributed by atoms with van der Waals surface area (Å²) in [5.74, 6) is -0.0820. The van der Waals surface area contributed by atoms with Crippen molar-refractivity contribution in [2.75, 3.05) is 20.1 Å². The molecular formula is C23H37FN2O4S2. The van der Waals surface area contributed by atoms with Crippen LogP contribution in [0.5, 0.6) is 5.75 Å². The molecule has 1 aromatic rings. The first-order chi connectivity index (χ1) is 14.9. The number of nitrogens with zero attached hydrogens (tertiary/aromatic N) is 1. The number of aliphatic hydroxyl groups is 1. The van der Waals surface area contributed by atoms with Crippen molar-refractivity contribution in [3.05, 3.63) is 35.0 Å². The van der Waals surface area contributed by atoms with Crippen molar-refractivity contribution < 1.29 is 23.0 Å². The standard InChI is InChI=1S/C23H37FN2O4S2/c1-5-7-17-12-18(27)14-21(13-17)32(29,30)26(4)16-19(28)15-25-23(2,3)11-6-8-20-9-10-22(24)31-20/h10,12-14,19-20,25,27-28H,5-9,11,15-16H2,1-4H3/t19-,20?/m1/s1. The van der Waals surface area contributed by atoms with E-state index in [1.54, 1.807) is 18.2 Å². The Kier molecular flexibility index (Phi) is 10.0. The van der Waals surface area contributed by atoms with E-state index in [-0.39, 0.29) is 34.4 Å². The lowest BCUT2D eigenvalue weighted by Crippen LogP contribution is -2.46. The van der Waals surface area contributed by atoms with Gasteiger partial charge in [0.05, 0.1) is 11.0 Å². The molecule has 1 aliphatic rings. The number of phenolic OH excluding ortho intramolecular Hbond substituents is 1. The second-order valence-electron chi connectivity index (χ2n) is 9.17. The van der Waals surface area contributed by atoms with Crippen LogP contribution in [-0.2, 0) is 16.4 Å². The number of aliphatic hydroxyl groups excluding tert-OH is 1. The number of allylic oxidation sites excluding steroid dienone is 1. The van der Waals surface area contributed by atoms with Gasteiger partial charge < -0.3 is 15.5 Å². The normalized spacial score (nSPS) is 18.2. The molecule has 9 heteroatoms. The molecule has 1 aliphatic heterocycles. The third kappa shape index (κ3) is 8.33. The highest BCUT2D eigenvalue weighted by molar-refractivity contribution is 8.03. The Balaban J connectivity index is 1.84. The van der Waals surface area contributed by atoms with Gasteiger partial charge in [0, 0.05) is 30.9 Å². The zero-order chi connectivity index (χ0) is 23.9. The van der Waals surface area contributed by atoms with E-state index in [4.69, 9.17) is 0 Å². The molecule has 0 saturated heterocycles. The lowest BCUT2D eigenvalue weighted by Gasteiger charge is -2.29. The number of β-amino-alcohol motifs (C(OH)–C–C–N with tert-alkyl or cyclic N) is 1. The van der Waals surface area contributed by atoms with Crippen LogP contribution in [0.3, 0.4) is 0 Å². The molecule has 0 radical (unpaired) electrons. The highest BCUT2D eigenvalue weighted by atomic mass is 32.2. The summed E-state index contributed by atoms with van der Waals surface area (Å²) in [4.78, 5) is 0.0275. The van der Waals surface area contributed by atoms with Crippen LogP contribution in [0, 0.1) is 0 Å². The zero-order valence-electron chi connectivity index (χ0n) is 19.5. The molecule has 2 rings (SSSR count). The Morgan fingerprint density at radius 2 is 2.06 bits per heavy atom. The molecule has 0 aromatic heterocycles. The molecule has 32 heavy (non-hydrogen) atoms. The number of benzene rings is 1. The number of nitrogens with one attached hydrogen (secondary N) is 1. The van der Waals surface area contributed by atoms with Crippen molar-refractivity contribution in [3.63, 3.8) is 0 Å². The molecule has 2 atom stereocenters. The maximum absolute atomic E-state index is 13.1. The summed E-state index contributed by atoms with van der Waals surface area (Å²) in [6.45, 7) is 6.27. The largest absolute Gasteiger partial charge is 0.508 e. The summed E-state index contributed by atoms with van der Waals surface area (Å²) in [7, 11) is -2.40. The van der Waals surface area contributed by atoms with Crippen LogP contribution >= 0.6 is 11.8 Å². The van der Waals surface area contributed by atoms with Crippen LogP contribution in [-0.4, -0.2) is 60.0 Å². The smallest absolute Gasteiger partial charge is 0.243 e. The molecule has 0 spiro atoms. The third-order valence-corrected chi connectivity index (χ3v) is 8.58. The molecule has 182 valence electrons. The predicted molar refractivity (Wildman–Crippen MR) is 129 cm³/mol. The van der Waals surface area contributed by atoms with Crippen LogP contribution in [0.25, 0.3) is 0 Å². The quantitative estimate of drug-likeness (QED) is 0.386. The van der Waals surface area contributed by atoms with Crippen LogP contribution in [0.15, 0.2) is 34.3 Å². The predicted octanol–water partition coefficient (Wildman–Crippen LogP) is 4.18. The molecule has 0 aliphatic carbocycles. The fourth-order valence-corrected chi connectivity index (χ4v) is 6.06. The average Bonchev–Trinajstić information content (AvgIpc) is 3.11. The molecule has 1 aromatic carbocycles. The number of phenols is 1. The van der Waals surface area contributed by atoms with Gasteiger partial charge in [-0.1, -0.05) is 31.5 Å². The van der Waals surface area contributed by atoms with Gasteiger partial charge in [0.25, 0.3) is 0 Å². The highest BCUT2D eigenvalue weighted by Crippen LogP contribution is 2.36. The molecule has 3 N–H and O–H groups in total. The second-order valence-corrected chi connectivity index (χ2v) is 12.5. The van der Waals surface area contributed by atoms with Crippen molar-refractivity contribution in [2.45, 2.75) is 81.1 Å². The highest BCUT2D eigenvalue weighted by Gasteiger charge is 2.26. The van der Waals surface area contributed by atoms with Gasteiger partial charge in [-0.2, -0.15) is 8.70 Å². The molecule has 0 saturated carbocycles. The molecule has 0 amide bonds. The van der Waals surface area contributed by atoms with Crippen LogP contribution in [0.4, 0.5) is 4.39 Å². The SMILES string of the molecule is CCCc1cc(O)cc(S(=O)(=O)N(C)C[C@H](O)CNC(C)(C)CCCC2CC=C(F)S2)c1. The van der Waals surface area contributed by atoms with Gasteiger partial charge in [-0.25, -0.2) is 8.42 Å². The van der Waals surface area contributed by atoms with Gasteiger partial charge in [-0.05, 0) is 69.4 Å². The lowest BCUT2D eigenvalue weighted by atomic mass is 9.96. The number of likely N-dealkylation sites (N-methyl/N-ethyl adjacent to an activating group) is 1. The van der Waals surface area contributed by atoms with E-state index in [0.717, 1.165) is 42.0 Å². The Hall–Kier alpha value is -1.13. The van der Waals surface area contributed by atoms with Crippen molar-refractivity contribution in [2.24, 2.45) is 0 Å². The first-order valence-corrected chi connectivity index (χ1v) is 13.5. The number of aromatic hydroxyl groups is 1. The van der Waals surface area contributed by atoms with Gasteiger partial charge >= 0.3 is 0 Å². The van der Waals surface area contributed by atoms with Gasteiger partial charge in [0.1, 0.15) is 5.75 Å². The van der Waals surface area contributed by atoms with Crippen LogP contribution in [0.1, 0.15) is 58.4 Å².